The summed E-state index contributed by atoms with van der Waals surface area (Å²) in [6, 6.07) is 5.88. The van der Waals surface area contributed by atoms with Gasteiger partial charge in [-0.2, -0.15) is 0 Å². The van der Waals surface area contributed by atoms with Gasteiger partial charge in [-0.05, 0) is 44.8 Å². The van der Waals surface area contributed by atoms with Crippen molar-refractivity contribution in [1.82, 2.24) is 4.98 Å². The fourth-order valence-electron chi connectivity index (χ4n) is 1.47. The number of hydrogen-bond acceptors (Lipinski definition) is 2. The minimum Gasteiger partial charge on any atom is -0.494 e. The molecule has 2 rings (SSSR count). The number of aryl methyl sites for hydroxylation is 1. The summed E-state index contributed by atoms with van der Waals surface area (Å²) >= 11 is 7.05. The summed E-state index contributed by atoms with van der Waals surface area (Å²) in [5.74, 6) is 0.795. The van der Waals surface area contributed by atoms with E-state index in [2.05, 4.69) is 36.8 Å². The molecule has 1 heterocycles. The Bertz CT molecular complexity index is 525. The summed E-state index contributed by atoms with van der Waals surface area (Å²) in [5, 5.41) is 1.05. The van der Waals surface area contributed by atoms with E-state index in [0.29, 0.717) is 0 Å². The Labute approximate surface area is 105 Å². The number of methoxy groups -OCH3 is 1. The Kier molecular flexibility index (Phi) is 2.98. The second-order valence-electron chi connectivity index (χ2n) is 3.18. The van der Waals surface area contributed by atoms with E-state index < -0.39 is 0 Å². The van der Waals surface area contributed by atoms with Crippen LogP contribution in [0.4, 0.5) is 0 Å². The van der Waals surface area contributed by atoms with E-state index in [4.69, 9.17) is 4.74 Å². The minimum atomic E-state index is 0.795. The van der Waals surface area contributed by atoms with Gasteiger partial charge in [0, 0.05) is 9.86 Å². The van der Waals surface area contributed by atoms with Gasteiger partial charge < -0.3 is 4.74 Å². The monoisotopic (exact) mass is 329 g/mol. The number of fused-ring (bicyclic) bond motifs is 1. The van der Waals surface area contributed by atoms with Crippen LogP contribution in [-0.2, 0) is 0 Å². The number of ether oxygens (including phenoxy) is 1. The molecular weight excluding hydrogens is 322 g/mol. The summed E-state index contributed by atoms with van der Waals surface area (Å²) < 4.78 is 7.29. The van der Waals surface area contributed by atoms with Crippen molar-refractivity contribution in [1.29, 1.82) is 0 Å². The lowest BCUT2D eigenvalue weighted by atomic mass is 10.2. The third-order valence-electron chi connectivity index (χ3n) is 2.25. The number of halogens is 2. The molecule has 0 radical (unpaired) electrons. The smallest absolute Gasteiger partial charge is 0.145 e. The lowest BCUT2D eigenvalue weighted by Crippen LogP contribution is -1.92. The van der Waals surface area contributed by atoms with Gasteiger partial charge >= 0.3 is 0 Å². The first-order chi connectivity index (χ1) is 7.15. The van der Waals surface area contributed by atoms with Gasteiger partial charge in [-0.15, -0.1) is 0 Å². The first-order valence-corrected chi connectivity index (χ1v) is 6.02. The van der Waals surface area contributed by atoms with Gasteiger partial charge in [0.25, 0.3) is 0 Å². The molecule has 0 aliphatic heterocycles. The Morgan fingerprint density at radius 3 is 2.60 bits per heavy atom. The molecule has 0 aliphatic rings. The van der Waals surface area contributed by atoms with E-state index in [0.717, 1.165) is 31.3 Å². The molecule has 0 fully saturated rings. The van der Waals surface area contributed by atoms with Gasteiger partial charge in [0.1, 0.15) is 11.3 Å². The van der Waals surface area contributed by atoms with Crippen LogP contribution in [0.3, 0.4) is 0 Å². The molecular formula is C11H9Br2NO. The average molecular weight is 331 g/mol. The van der Waals surface area contributed by atoms with Gasteiger partial charge in [0.05, 0.1) is 17.3 Å². The average Bonchev–Trinajstić information content (AvgIpc) is 2.25. The van der Waals surface area contributed by atoms with Crippen molar-refractivity contribution in [3.63, 3.8) is 0 Å². The van der Waals surface area contributed by atoms with Crippen molar-refractivity contribution >= 4 is 42.8 Å². The summed E-state index contributed by atoms with van der Waals surface area (Å²) in [4.78, 5) is 4.50. The molecule has 0 amide bonds. The first kappa shape index (κ1) is 10.9. The highest BCUT2D eigenvalue weighted by atomic mass is 79.9. The molecule has 0 saturated carbocycles. The lowest BCUT2D eigenvalue weighted by Gasteiger charge is -2.09. The van der Waals surface area contributed by atoms with Crippen LogP contribution < -0.4 is 4.74 Å². The summed E-state index contributed by atoms with van der Waals surface area (Å²) in [7, 11) is 1.65. The quantitative estimate of drug-likeness (QED) is 0.786. The second-order valence-corrected chi connectivity index (χ2v) is 4.77. The summed E-state index contributed by atoms with van der Waals surface area (Å²) in [6.45, 7) is 1.96. The number of aromatic nitrogens is 1. The Balaban J connectivity index is 2.91. The SMILES string of the molecule is COc1cccc2c(Br)c(Br)c(C)nc12. The Morgan fingerprint density at radius 2 is 1.93 bits per heavy atom. The number of pyridine rings is 1. The van der Waals surface area contributed by atoms with Crippen LogP contribution in [0.15, 0.2) is 27.1 Å². The van der Waals surface area contributed by atoms with Crippen LogP contribution in [0, 0.1) is 6.92 Å². The van der Waals surface area contributed by atoms with E-state index in [1.807, 2.05) is 25.1 Å². The fourth-order valence-corrected chi connectivity index (χ4v) is 2.38. The molecule has 0 saturated heterocycles. The third-order valence-corrected chi connectivity index (χ3v) is 4.57. The zero-order valence-electron chi connectivity index (χ0n) is 8.34. The van der Waals surface area contributed by atoms with Crippen LogP contribution in [0.25, 0.3) is 10.9 Å². The van der Waals surface area contributed by atoms with Crippen LogP contribution in [0.1, 0.15) is 5.69 Å². The molecule has 4 heteroatoms. The van der Waals surface area contributed by atoms with Gasteiger partial charge in [0.15, 0.2) is 0 Å². The number of benzene rings is 1. The van der Waals surface area contributed by atoms with Crippen LogP contribution in [-0.4, -0.2) is 12.1 Å². The van der Waals surface area contributed by atoms with E-state index >= 15 is 0 Å². The van der Waals surface area contributed by atoms with Crippen molar-refractivity contribution in [2.75, 3.05) is 7.11 Å². The Morgan fingerprint density at radius 1 is 1.20 bits per heavy atom. The number of hydrogen-bond donors (Lipinski definition) is 0. The summed E-state index contributed by atoms with van der Waals surface area (Å²) in [6.07, 6.45) is 0. The molecule has 1 aromatic heterocycles. The number of nitrogens with zero attached hydrogens (tertiary/aromatic N) is 1. The molecule has 15 heavy (non-hydrogen) atoms. The molecule has 1 aromatic carbocycles. The van der Waals surface area contributed by atoms with Gasteiger partial charge in [-0.25, -0.2) is 4.98 Å². The van der Waals surface area contributed by atoms with E-state index in [-0.39, 0.29) is 0 Å². The highest BCUT2D eigenvalue weighted by Crippen LogP contribution is 2.35. The molecule has 0 N–H and O–H groups in total. The normalized spacial score (nSPS) is 10.7. The largest absolute Gasteiger partial charge is 0.494 e. The van der Waals surface area contributed by atoms with Crippen LogP contribution in [0.5, 0.6) is 5.75 Å². The highest BCUT2D eigenvalue weighted by Gasteiger charge is 2.10. The second kappa shape index (κ2) is 4.10. The van der Waals surface area contributed by atoms with Crippen molar-refractivity contribution < 1.29 is 4.74 Å². The maximum Gasteiger partial charge on any atom is 0.145 e. The van der Waals surface area contributed by atoms with Gasteiger partial charge in [-0.3, -0.25) is 0 Å². The lowest BCUT2D eigenvalue weighted by molar-refractivity contribution is 0.419. The standard InChI is InChI=1S/C11H9Br2NO/c1-6-9(12)10(13)7-4-3-5-8(15-2)11(7)14-6/h3-5H,1-2H3. The van der Waals surface area contributed by atoms with Crippen LogP contribution in [0.2, 0.25) is 0 Å². The van der Waals surface area contributed by atoms with Crippen molar-refractivity contribution in [3.8, 4) is 5.75 Å². The zero-order valence-corrected chi connectivity index (χ0v) is 11.5. The fraction of sp³-hybridized carbons (Fsp3) is 0.182. The molecule has 0 unspecified atom stereocenters. The van der Waals surface area contributed by atoms with Crippen molar-refractivity contribution in [2.24, 2.45) is 0 Å². The van der Waals surface area contributed by atoms with Crippen molar-refractivity contribution in [2.45, 2.75) is 6.92 Å². The minimum absolute atomic E-state index is 0.795. The van der Waals surface area contributed by atoms with Crippen molar-refractivity contribution in [3.05, 3.63) is 32.8 Å². The predicted octanol–water partition coefficient (Wildman–Crippen LogP) is 4.08. The molecule has 78 valence electrons. The molecule has 0 atom stereocenters. The van der Waals surface area contributed by atoms with E-state index in [1.54, 1.807) is 7.11 Å². The predicted molar refractivity (Wildman–Crippen MR) is 68.4 cm³/mol. The van der Waals surface area contributed by atoms with E-state index in [1.165, 1.54) is 0 Å². The summed E-state index contributed by atoms with van der Waals surface area (Å²) in [5.41, 5.74) is 1.83. The molecule has 0 spiro atoms. The Hall–Kier alpha value is -0.610. The first-order valence-electron chi connectivity index (χ1n) is 4.43. The van der Waals surface area contributed by atoms with Crippen LogP contribution >= 0.6 is 31.9 Å². The van der Waals surface area contributed by atoms with E-state index in [9.17, 15) is 0 Å². The number of rotatable bonds is 1. The molecule has 2 nitrogen and oxygen atoms in total. The maximum absolute atomic E-state index is 5.28. The maximum atomic E-state index is 5.28. The number of para-hydroxylation sites is 1. The zero-order chi connectivity index (χ0) is 11.0. The van der Waals surface area contributed by atoms with Gasteiger partial charge in [-0.1, -0.05) is 12.1 Å². The third kappa shape index (κ3) is 1.76. The molecule has 0 bridgehead atoms. The highest BCUT2D eigenvalue weighted by molar-refractivity contribution is 9.13. The molecule has 2 aromatic rings. The molecule has 0 aliphatic carbocycles. The van der Waals surface area contributed by atoms with Gasteiger partial charge in [0.2, 0.25) is 0 Å². The topological polar surface area (TPSA) is 22.1 Å².